The third-order valence-corrected chi connectivity index (χ3v) is 4.67. The molecule has 0 radical (unpaired) electrons. The molecule has 0 atom stereocenters. The number of hydrogen-bond acceptors (Lipinski definition) is 6. The molecule has 3 rings (SSSR count). The smallest absolute Gasteiger partial charge is 0.254 e. The van der Waals surface area contributed by atoms with Crippen LogP contribution in [0.25, 0.3) is 22.4 Å². The summed E-state index contributed by atoms with van der Waals surface area (Å²) in [6.07, 6.45) is 4.87. The first-order chi connectivity index (χ1) is 12.3. The van der Waals surface area contributed by atoms with Gasteiger partial charge in [-0.15, -0.1) is 11.3 Å². The van der Waals surface area contributed by atoms with Crippen LogP contribution in [0.1, 0.15) is 30.7 Å². The maximum atomic E-state index is 5.62. The van der Waals surface area contributed by atoms with Crippen LogP contribution < -0.4 is 10.5 Å². The fraction of sp³-hybridized carbons (Fsp3) is 0.263. The van der Waals surface area contributed by atoms with Gasteiger partial charge in [0, 0.05) is 5.57 Å². The molecule has 0 saturated carbocycles. The van der Waals surface area contributed by atoms with E-state index in [-0.39, 0.29) is 0 Å². The molecule has 5 nitrogen and oxygen atoms in total. The fourth-order valence-electron chi connectivity index (χ4n) is 2.46. The van der Waals surface area contributed by atoms with Crippen LogP contribution in [0, 0.1) is 0 Å². The van der Waals surface area contributed by atoms with Gasteiger partial charge in [-0.1, -0.05) is 23.4 Å². The number of thiophene rings is 1. The third-order valence-electron chi connectivity index (χ3n) is 3.80. The van der Waals surface area contributed by atoms with Crippen molar-refractivity contribution in [3.8, 4) is 16.5 Å². The van der Waals surface area contributed by atoms with E-state index in [2.05, 4.69) is 16.2 Å². The molecule has 1 aromatic carbocycles. The average molecular weight is 355 g/mol. The Balaban J connectivity index is 1.86. The summed E-state index contributed by atoms with van der Waals surface area (Å²) in [6, 6.07) is 11.9. The van der Waals surface area contributed by atoms with Gasteiger partial charge in [0.15, 0.2) is 0 Å². The van der Waals surface area contributed by atoms with Crippen LogP contribution in [-0.4, -0.2) is 23.8 Å². The van der Waals surface area contributed by atoms with Crippen molar-refractivity contribution in [2.24, 2.45) is 5.73 Å². The molecule has 0 aliphatic rings. The molecule has 0 spiro atoms. The molecule has 2 heterocycles. The maximum Gasteiger partial charge on any atom is 0.254 e. The Morgan fingerprint density at radius 3 is 2.76 bits per heavy atom. The van der Waals surface area contributed by atoms with E-state index < -0.39 is 0 Å². The van der Waals surface area contributed by atoms with Gasteiger partial charge >= 0.3 is 0 Å². The molecule has 130 valence electrons. The molecular formula is C19H21N3O2S. The van der Waals surface area contributed by atoms with Crippen molar-refractivity contribution in [1.29, 1.82) is 0 Å². The van der Waals surface area contributed by atoms with Gasteiger partial charge in [0.2, 0.25) is 5.82 Å². The lowest BCUT2D eigenvalue weighted by Crippen LogP contribution is -1.98. The molecule has 6 heteroatoms. The van der Waals surface area contributed by atoms with Crippen molar-refractivity contribution in [3.63, 3.8) is 0 Å². The number of nitrogens with two attached hydrogens (primary N) is 1. The van der Waals surface area contributed by atoms with Gasteiger partial charge in [-0.25, -0.2) is 0 Å². The van der Waals surface area contributed by atoms with Gasteiger partial charge in [0.1, 0.15) is 5.75 Å². The molecule has 2 N–H and O–H groups in total. The zero-order valence-electron chi connectivity index (χ0n) is 14.1. The summed E-state index contributed by atoms with van der Waals surface area (Å²) in [7, 11) is 1.66. The van der Waals surface area contributed by atoms with Crippen molar-refractivity contribution in [1.82, 2.24) is 10.1 Å². The van der Waals surface area contributed by atoms with Gasteiger partial charge in [-0.2, -0.15) is 4.98 Å². The number of hydrogen-bond donors (Lipinski definition) is 1. The number of aromatic nitrogens is 2. The summed E-state index contributed by atoms with van der Waals surface area (Å²) in [5.74, 6) is 2.03. The zero-order valence-corrected chi connectivity index (χ0v) is 15.0. The minimum absolute atomic E-state index is 0.566. The second-order valence-electron chi connectivity index (χ2n) is 5.59. The monoisotopic (exact) mass is 355 g/mol. The maximum absolute atomic E-state index is 5.62. The molecule has 0 bridgehead atoms. The first-order valence-corrected chi connectivity index (χ1v) is 9.11. The molecule has 0 amide bonds. The number of unbranched alkanes of at least 4 members (excludes halogenated alkanes) is 1. The standard InChI is InChI=1S/C19H21N3O2S/c1-23-16-9-7-14(8-10-16)13-15(5-2-3-11-20)19-21-18(22-24-19)17-6-4-12-25-17/h4,6-10,12-13H,2-3,5,11,20H2,1H3/b15-13+. The first kappa shape index (κ1) is 17.4. The van der Waals surface area contributed by atoms with Crippen molar-refractivity contribution in [3.05, 3.63) is 53.2 Å². The summed E-state index contributed by atoms with van der Waals surface area (Å²) in [4.78, 5) is 5.57. The first-order valence-electron chi connectivity index (χ1n) is 8.23. The molecule has 3 aromatic rings. The lowest BCUT2D eigenvalue weighted by atomic mass is 10.0. The van der Waals surface area contributed by atoms with Crippen LogP contribution in [0.3, 0.4) is 0 Å². The van der Waals surface area contributed by atoms with E-state index in [0.717, 1.165) is 41.0 Å². The Bertz CT molecular complexity index is 808. The van der Waals surface area contributed by atoms with Crippen LogP contribution >= 0.6 is 11.3 Å². The Labute approximate surface area is 151 Å². The predicted octanol–water partition coefficient (Wildman–Crippen LogP) is 4.48. The van der Waals surface area contributed by atoms with E-state index in [4.69, 9.17) is 15.0 Å². The second kappa shape index (κ2) is 8.60. The fourth-order valence-corrected chi connectivity index (χ4v) is 3.11. The number of allylic oxidation sites excluding steroid dienone is 1. The number of rotatable bonds is 8. The predicted molar refractivity (Wildman–Crippen MR) is 101 cm³/mol. The van der Waals surface area contributed by atoms with Crippen molar-refractivity contribution in [2.75, 3.05) is 13.7 Å². The minimum Gasteiger partial charge on any atom is -0.497 e. The second-order valence-corrected chi connectivity index (χ2v) is 6.54. The average Bonchev–Trinajstić information content (AvgIpc) is 3.33. The molecule has 0 aliphatic carbocycles. The van der Waals surface area contributed by atoms with Crippen LogP contribution in [0.5, 0.6) is 5.75 Å². The number of nitrogens with zero attached hydrogens (tertiary/aromatic N) is 2. The van der Waals surface area contributed by atoms with Crippen LogP contribution in [0.15, 0.2) is 46.3 Å². The van der Waals surface area contributed by atoms with E-state index in [1.54, 1.807) is 18.4 Å². The van der Waals surface area contributed by atoms with E-state index >= 15 is 0 Å². The van der Waals surface area contributed by atoms with Crippen LogP contribution in [0.4, 0.5) is 0 Å². The Kier molecular flexibility index (Phi) is 5.98. The highest BCUT2D eigenvalue weighted by Gasteiger charge is 2.13. The van der Waals surface area contributed by atoms with Gasteiger partial charge in [0.05, 0.1) is 12.0 Å². The van der Waals surface area contributed by atoms with E-state index in [0.29, 0.717) is 18.3 Å². The van der Waals surface area contributed by atoms with E-state index in [9.17, 15) is 0 Å². The summed E-state index contributed by atoms with van der Waals surface area (Å²) in [5.41, 5.74) is 7.71. The van der Waals surface area contributed by atoms with Crippen LogP contribution in [-0.2, 0) is 0 Å². The van der Waals surface area contributed by atoms with Crippen molar-refractivity contribution < 1.29 is 9.26 Å². The van der Waals surface area contributed by atoms with Crippen molar-refractivity contribution in [2.45, 2.75) is 19.3 Å². The Hall–Kier alpha value is -2.44. The summed E-state index contributed by atoms with van der Waals surface area (Å²) < 4.78 is 10.7. The quantitative estimate of drug-likeness (QED) is 0.603. The van der Waals surface area contributed by atoms with Gasteiger partial charge < -0.3 is 15.0 Å². The summed E-state index contributed by atoms with van der Waals surface area (Å²) >= 11 is 1.60. The topological polar surface area (TPSA) is 74.2 Å². The summed E-state index contributed by atoms with van der Waals surface area (Å²) in [5, 5.41) is 6.12. The highest BCUT2D eigenvalue weighted by Crippen LogP contribution is 2.27. The zero-order chi connectivity index (χ0) is 17.5. The SMILES string of the molecule is COc1ccc(/C=C(\CCCCN)c2nc(-c3cccs3)no2)cc1. The Morgan fingerprint density at radius 2 is 2.08 bits per heavy atom. The lowest BCUT2D eigenvalue weighted by Gasteiger charge is -2.04. The molecular weight excluding hydrogens is 334 g/mol. The number of methoxy groups -OCH3 is 1. The Morgan fingerprint density at radius 1 is 1.24 bits per heavy atom. The van der Waals surface area contributed by atoms with Gasteiger partial charge in [-0.3, -0.25) is 0 Å². The molecule has 2 aromatic heterocycles. The highest BCUT2D eigenvalue weighted by molar-refractivity contribution is 7.13. The molecule has 0 aliphatic heterocycles. The molecule has 0 fully saturated rings. The largest absolute Gasteiger partial charge is 0.497 e. The summed E-state index contributed by atoms with van der Waals surface area (Å²) in [6.45, 7) is 0.681. The van der Waals surface area contributed by atoms with Gasteiger partial charge in [0.25, 0.3) is 5.89 Å². The molecule has 0 unspecified atom stereocenters. The van der Waals surface area contributed by atoms with Crippen LogP contribution in [0.2, 0.25) is 0 Å². The number of ether oxygens (including phenoxy) is 1. The third kappa shape index (κ3) is 4.55. The van der Waals surface area contributed by atoms with E-state index in [1.165, 1.54) is 0 Å². The van der Waals surface area contributed by atoms with Crippen molar-refractivity contribution >= 4 is 23.0 Å². The number of benzene rings is 1. The minimum atomic E-state index is 0.566. The normalized spacial score (nSPS) is 11.7. The molecule has 25 heavy (non-hydrogen) atoms. The highest BCUT2D eigenvalue weighted by atomic mass is 32.1. The molecule has 0 saturated heterocycles. The van der Waals surface area contributed by atoms with Gasteiger partial charge in [-0.05, 0) is 61.0 Å². The van der Waals surface area contributed by atoms with E-state index in [1.807, 2.05) is 41.8 Å². The lowest BCUT2D eigenvalue weighted by molar-refractivity contribution is 0.407.